The molecule has 0 N–H and O–H groups in total. The molecule has 2 nitrogen and oxygen atoms in total. The van der Waals surface area contributed by atoms with Gasteiger partial charge >= 0.3 is 6.18 Å². The van der Waals surface area contributed by atoms with Gasteiger partial charge in [-0.2, -0.15) is 13.2 Å². The fourth-order valence-corrected chi connectivity index (χ4v) is 10.6. The molecule has 2 aliphatic heterocycles. The third-order valence-corrected chi connectivity index (χ3v) is 12.0. The van der Waals surface area contributed by atoms with Crippen LogP contribution in [-0.2, 0) is 11.6 Å². The maximum Gasteiger partial charge on any atom is 0.416 e. The quantitative estimate of drug-likeness (QED) is 0.181. The minimum atomic E-state index is -4.39. The number of para-hydroxylation sites is 3. The lowest BCUT2D eigenvalue weighted by atomic mass is 9.33. The molecular weight excluding hydrogens is 588 g/mol. The van der Waals surface area contributed by atoms with Gasteiger partial charge in [0.05, 0.1) is 5.56 Å². The summed E-state index contributed by atoms with van der Waals surface area (Å²) in [7, 11) is 0. The Bertz CT molecular complexity index is 2000. The number of halogens is 3. The molecule has 0 aromatic heterocycles. The average molecular weight is 623 g/mol. The summed E-state index contributed by atoms with van der Waals surface area (Å²) < 4.78 is 41.2. The van der Waals surface area contributed by atoms with Crippen molar-refractivity contribution in [2.75, 3.05) is 9.80 Å². The summed E-state index contributed by atoms with van der Waals surface area (Å²) in [5.74, 6) is 2.37. The molecule has 2 heterocycles. The van der Waals surface area contributed by atoms with E-state index >= 15 is 0 Å². The highest BCUT2D eigenvalue weighted by atomic mass is 19.4. The van der Waals surface area contributed by atoms with Crippen LogP contribution >= 0.6 is 0 Å². The van der Waals surface area contributed by atoms with E-state index in [4.69, 9.17) is 0 Å². The summed E-state index contributed by atoms with van der Waals surface area (Å²) in [6, 6.07) is 38.6. The number of hydrogen-bond acceptors (Lipinski definition) is 2. The second-order valence-corrected chi connectivity index (χ2v) is 14.7. The molecule has 4 saturated carbocycles. The van der Waals surface area contributed by atoms with E-state index in [0.29, 0.717) is 0 Å². The highest BCUT2D eigenvalue weighted by molar-refractivity contribution is 7.00. The SMILES string of the molecule is FC(F)(F)c1ccc(N2c3ccccc3B3c4ccccc4N(c4ccccc4)c4cc(C56CC7CC(CC(C7)C5)C6)cc2c43)cc1. The zero-order valence-corrected chi connectivity index (χ0v) is 26.1. The summed E-state index contributed by atoms with van der Waals surface area (Å²) in [6.07, 6.45) is 3.42. The van der Waals surface area contributed by atoms with Crippen LogP contribution in [0.15, 0.2) is 115 Å². The predicted molar refractivity (Wildman–Crippen MR) is 185 cm³/mol. The van der Waals surface area contributed by atoms with Gasteiger partial charge in [0.1, 0.15) is 0 Å². The predicted octanol–water partition coefficient (Wildman–Crippen LogP) is 9.26. The molecule has 11 rings (SSSR count). The van der Waals surface area contributed by atoms with Crippen LogP contribution in [0, 0.1) is 17.8 Å². The number of nitrogens with zero attached hydrogens (tertiary/aromatic N) is 2. The van der Waals surface area contributed by atoms with E-state index in [1.807, 2.05) is 0 Å². The van der Waals surface area contributed by atoms with Gasteiger partial charge in [0.25, 0.3) is 6.71 Å². The highest BCUT2D eigenvalue weighted by Gasteiger charge is 2.53. The van der Waals surface area contributed by atoms with Crippen LogP contribution < -0.4 is 26.2 Å². The van der Waals surface area contributed by atoms with Gasteiger partial charge in [-0.15, -0.1) is 0 Å². The van der Waals surface area contributed by atoms with Crippen molar-refractivity contribution in [3.8, 4) is 0 Å². The van der Waals surface area contributed by atoms with E-state index < -0.39 is 11.7 Å². The van der Waals surface area contributed by atoms with E-state index in [9.17, 15) is 13.2 Å². The molecule has 0 unspecified atom stereocenters. The van der Waals surface area contributed by atoms with Crippen LogP contribution in [0.1, 0.15) is 49.7 Å². The molecule has 232 valence electrons. The van der Waals surface area contributed by atoms with Gasteiger partial charge in [-0.25, -0.2) is 0 Å². The van der Waals surface area contributed by atoms with Crippen LogP contribution in [0.4, 0.5) is 47.3 Å². The Morgan fingerprint density at radius 2 is 1.02 bits per heavy atom. The number of benzene rings is 5. The fraction of sp³-hybridized carbons (Fsp3) is 0.268. The standard InChI is InChI=1S/C41H34BF3N2/c43-41(44,45)29-14-16-32(17-15-29)47-36-13-7-5-11-34(36)42-33-10-4-6-12-35(33)46(31-8-2-1-3-9-31)37-21-30(22-38(47)39(37)42)40-23-26-18-27(24-40)20-28(19-26)25-40/h1-17,21-22,26-28H,18-20,23-25H2. The van der Waals surface area contributed by atoms with Crippen molar-refractivity contribution < 1.29 is 13.2 Å². The minimum absolute atomic E-state index is 0.00322. The number of alkyl halides is 3. The third kappa shape index (κ3) is 4.06. The molecule has 0 radical (unpaired) electrons. The first kappa shape index (κ1) is 27.6. The number of fused-ring (bicyclic) bond motifs is 4. The first-order valence-corrected chi connectivity index (χ1v) is 17.1. The summed E-state index contributed by atoms with van der Waals surface area (Å²) in [5.41, 5.74) is 10.9. The zero-order chi connectivity index (χ0) is 31.5. The van der Waals surface area contributed by atoms with Crippen molar-refractivity contribution in [2.45, 2.75) is 50.1 Å². The molecule has 5 aromatic rings. The van der Waals surface area contributed by atoms with Crippen molar-refractivity contribution in [1.29, 1.82) is 0 Å². The molecule has 0 amide bonds. The summed E-state index contributed by atoms with van der Waals surface area (Å²) in [5, 5.41) is 0. The summed E-state index contributed by atoms with van der Waals surface area (Å²) in [6.45, 7) is 0.00322. The summed E-state index contributed by atoms with van der Waals surface area (Å²) >= 11 is 0. The summed E-state index contributed by atoms with van der Waals surface area (Å²) in [4.78, 5) is 4.68. The van der Waals surface area contributed by atoms with E-state index in [0.717, 1.165) is 40.5 Å². The van der Waals surface area contributed by atoms with Crippen molar-refractivity contribution >= 4 is 57.2 Å². The van der Waals surface area contributed by atoms with Crippen molar-refractivity contribution in [3.63, 3.8) is 0 Å². The van der Waals surface area contributed by atoms with Crippen LogP contribution in [-0.4, -0.2) is 6.71 Å². The lowest BCUT2D eigenvalue weighted by Crippen LogP contribution is -2.61. The van der Waals surface area contributed by atoms with Gasteiger partial charge in [0, 0.05) is 34.1 Å². The van der Waals surface area contributed by atoms with Gasteiger partial charge in [-0.05, 0) is 144 Å². The van der Waals surface area contributed by atoms with Crippen LogP contribution in [0.2, 0.25) is 0 Å². The van der Waals surface area contributed by atoms with Crippen LogP contribution in [0.25, 0.3) is 0 Å². The fourth-order valence-electron chi connectivity index (χ4n) is 10.6. The Hall–Kier alpha value is -4.45. The van der Waals surface area contributed by atoms with Crippen molar-refractivity contribution in [1.82, 2.24) is 0 Å². The van der Waals surface area contributed by atoms with E-state index in [2.05, 4.69) is 101 Å². The molecule has 6 heteroatoms. The topological polar surface area (TPSA) is 6.48 Å². The first-order valence-electron chi connectivity index (χ1n) is 17.1. The Balaban J connectivity index is 1.27. The molecular formula is C41H34BF3N2. The molecule has 47 heavy (non-hydrogen) atoms. The first-order chi connectivity index (χ1) is 22.9. The Morgan fingerprint density at radius 3 is 1.53 bits per heavy atom. The number of anilines is 6. The maximum absolute atomic E-state index is 13.7. The molecule has 4 aliphatic carbocycles. The molecule has 0 spiro atoms. The number of hydrogen-bond donors (Lipinski definition) is 0. The largest absolute Gasteiger partial charge is 0.416 e. The molecule has 0 saturated heterocycles. The lowest BCUT2D eigenvalue weighted by molar-refractivity contribution is -0.137. The number of rotatable bonds is 3. The monoisotopic (exact) mass is 622 g/mol. The minimum Gasteiger partial charge on any atom is -0.311 e. The Labute approximate surface area is 273 Å². The van der Waals surface area contributed by atoms with E-state index in [1.54, 1.807) is 12.1 Å². The molecule has 5 aromatic carbocycles. The maximum atomic E-state index is 13.7. The second kappa shape index (κ2) is 9.79. The molecule has 4 fully saturated rings. The molecule has 0 atom stereocenters. The zero-order valence-electron chi connectivity index (χ0n) is 26.1. The van der Waals surface area contributed by atoms with Gasteiger partial charge < -0.3 is 9.80 Å². The van der Waals surface area contributed by atoms with E-state index in [1.165, 1.54) is 84.0 Å². The van der Waals surface area contributed by atoms with Gasteiger partial charge in [0.15, 0.2) is 0 Å². The highest BCUT2D eigenvalue weighted by Crippen LogP contribution is 2.61. The molecule has 4 bridgehead atoms. The van der Waals surface area contributed by atoms with Gasteiger partial charge in [-0.1, -0.05) is 54.6 Å². The smallest absolute Gasteiger partial charge is 0.311 e. The van der Waals surface area contributed by atoms with Crippen LogP contribution in [0.3, 0.4) is 0 Å². The third-order valence-electron chi connectivity index (χ3n) is 12.0. The van der Waals surface area contributed by atoms with E-state index in [-0.39, 0.29) is 12.1 Å². The van der Waals surface area contributed by atoms with Gasteiger partial charge in [0.2, 0.25) is 0 Å². The normalized spacial score (nSPS) is 25.0. The average Bonchev–Trinajstić information content (AvgIpc) is 3.07. The Kier molecular flexibility index (Phi) is 5.76. The van der Waals surface area contributed by atoms with Gasteiger partial charge in [-0.3, -0.25) is 0 Å². The van der Waals surface area contributed by atoms with Crippen molar-refractivity contribution in [2.24, 2.45) is 17.8 Å². The molecule has 6 aliphatic rings. The second-order valence-electron chi connectivity index (χ2n) is 14.7. The lowest BCUT2D eigenvalue weighted by Gasteiger charge is -2.57. The van der Waals surface area contributed by atoms with Crippen LogP contribution in [0.5, 0.6) is 0 Å². The Morgan fingerprint density at radius 1 is 0.553 bits per heavy atom. The van der Waals surface area contributed by atoms with Crippen molar-refractivity contribution in [3.05, 3.63) is 126 Å².